The Labute approximate surface area is 46.2 Å². The maximum absolute atomic E-state index is 9.03. The Balaban J connectivity index is 0. The molecule has 0 aliphatic rings. The SMILES string of the molecule is O.[O]=[Ni][O][Ni]=[O]. The Morgan fingerprint density at radius 1 is 1.17 bits per heavy atom. The van der Waals surface area contributed by atoms with Crippen LogP contribution in [-0.2, 0) is 40.2 Å². The zero-order chi connectivity index (χ0) is 4.12. The van der Waals surface area contributed by atoms with Crippen molar-refractivity contribution in [2.24, 2.45) is 0 Å². The normalized spacial score (nSPS) is 8.00. The van der Waals surface area contributed by atoms with Gasteiger partial charge in [-0.2, -0.15) is 0 Å². The van der Waals surface area contributed by atoms with Crippen molar-refractivity contribution >= 4 is 0 Å². The summed E-state index contributed by atoms with van der Waals surface area (Å²) in [5.74, 6) is 0. The van der Waals surface area contributed by atoms with Gasteiger partial charge in [-0.05, 0) is 0 Å². The van der Waals surface area contributed by atoms with E-state index in [1.165, 1.54) is 0 Å². The molecule has 0 fully saturated rings. The molecule has 0 aromatic carbocycles. The van der Waals surface area contributed by atoms with E-state index in [1.807, 2.05) is 0 Å². The topological polar surface area (TPSA) is 74.9 Å². The molecule has 0 aromatic rings. The molecule has 0 radical (unpaired) electrons. The van der Waals surface area contributed by atoms with E-state index in [0.29, 0.717) is 0 Å². The Morgan fingerprint density at radius 3 is 1.50 bits per heavy atom. The number of rotatable bonds is 2. The average Bonchev–Trinajstić information content (AvgIpc) is 1.41. The molecule has 0 aliphatic heterocycles. The third-order valence-corrected chi connectivity index (χ3v) is 0.567. The van der Waals surface area contributed by atoms with E-state index in [4.69, 9.17) is 7.79 Å². The van der Waals surface area contributed by atoms with Crippen molar-refractivity contribution in [2.75, 3.05) is 0 Å². The van der Waals surface area contributed by atoms with Gasteiger partial charge in [0, 0.05) is 0 Å². The van der Waals surface area contributed by atoms with Crippen molar-refractivity contribution < 1.29 is 45.7 Å². The summed E-state index contributed by atoms with van der Waals surface area (Å²) in [6, 6.07) is 0. The van der Waals surface area contributed by atoms with E-state index >= 15 is 0 Å². The molecule has 0 saturated heterocycles. The second kappa shape index (κ2) is 9.10. The van der Waals surface area contributed by atoms with Crippen molar-refractivity contribution in [2.45, 2.75) is 0 Å². The van der Waals surface area contributed by atoms with Gasteiger partial charge in [-0.3, -0.25) is 0 Å². The summed E-state index contributed by atoms with van der Waals surface area (Å²) < 4.78 is 21.7. The van der Waals surface area contributed by atoms with E-state index in [9.17, 15) is 0 Å². The summed E-state index contributed by atoms with van der Waals surface area (Å²) in [5, 5.41) is 0. The fourth-order valence-corrected chi connectivity index (χ4v) is 0.116. The molecule has 0 atom stereocenters. The van der Waals surface area contributed by atoms with Gasteiger partial charge in [0.25, 0.3) is 0 Å². The van der Waals surface area contributed by atoms with Crippen LogP contribution in [-0.4, -0.2) is 5.48 Å². The Hall–Kier alpha value is 0.507. The summed E-state index contributed by atoms with van der Waals surface area (Å²) in [5.41, 5.74) is 0. The maximum atomic E-state index is 9.03. The first-order chi connectivity index (χ1) is 2.41. The van der Waals surface area contributed by atoms with E-state index < -0.39 is 0 Å². The molecule has 6 heavy (non-hydrogen) atoms. The predicted molar refractivity (Wildman–Crippen MR) is 6.07 cm³/mol. The van der Waals surface area contributed by atoms with Crippen molar-refractivity contribution in [3.63, 3.8) is 0 Å². The van der Waals surface area contributed by atoms with E-state index in [-0.39, 0.29) is 34.9 Å². The molecule has 0 aromatic heterocycles. The van der Waals surface area contributed by atoms with Crippen LogP contribution in [0.5, 0.6) is 0 Å². The van der Waals surface area contributed by atoms with Crippen LogP contribution in [0.25, 0.3) is 0 Å². The second-order valence-corrected chi connectivity index (χ2v) is 1.13. The van der Waals surface area contributed by atoms with Gasteiger partial charge in [-0.15, -0.1) is 0 Å². The summed E-state index contributed by atoms with van der Waals surface area (Å²) in [4.78, 5) is 0. The van der Waals surface area contributed by atoms with Gasteiger partial charge in [-0.1, -0.05) is 0 Å². The van der Waals surface area contributed by atoms with E-state index in [1.54, 1.807) is 0 Å². The summed E-state index contributed by atoms with van der Waals surface area (Å²) in [6.07, 6.45) is 0. The molecule has 0 rings (SSSR count). The van der Waals surface area contributed by atoms with Crippen LogP contribution in [0.4, 0.5) is 0 Å². The zero-order valence-electron chi connectivity index (χ0n) is 2.36. The molecule has 0 bridgehead atoms. The minimum atomic E-state index is -0.328. The molecule has 0 spiro atoms. The molecule has 46 valence electrons. The summed E-state index contributed by atoms with van der Waals surface area (Å²) in [6.45, 7) is 0. The van der Waals surface area contributed by atoms with Crippen molar-refractivity contribution in [3.05, 3.63) is 0 Å². The van der Waals surface area contributed by atoms with Crippen molar-refractivity contribution in [3.8, 4) is 0 Å². The van der Waals surface area contributed by atoms with Crippen LogP contribution in [0.1, 0.15) is 0 Å². The molecule has 0 unspecified atom stereocenters. The molecule has 0 amide bonds. The predicted octanol–water partition coefficient (Wildman–Crippen LogP) is -1.14. The van der Waals surface area contributed by atoms with Gasteiger partial charge >= 0.3 is 40.2 Å². The van der Waals surface area contributed by atoms with Crippen LogP contribution in [0.15, 0.2) is 0 Å². The molecular formula is H2Ni2O4. The Bertz CT molecular complexity index is 34.8. The number of hydrogen-bond acceptors (Lipinski definition) is 3. The van der Waals surface area contributed by atoms with Gasteiger partial charge < -0.3 is 5.48 Å². The van der Waals surface area contributed by atoms with Gasteiger partial charge in [0.15, 0.2) is 0 Å². The molecule has 0 aliphatic carbocycles. The van der Waals surface area contributed by atoms with E-state index in [2.05, 4.69) is 3.02 Å². The fourth-order valence-electron chi connectivity index (χ4n) is 0.00680. The summed E-state index contributed by atoms with van der Waals surface area (Å²) in [7, 11) is 0. The van der Waals surface area contributed by atoms with Crippen LogP contribution in [0, 0.1) is 0 Å². The zero-order valence-corrected chi connectivity index (χ0v) is 4.33. The quantitative estimate of drug-likeness (QED) is 0.508. The van der Waals surface area contributed by atoms with Gasteiger partial charge in [0.05, 0.1) is 0 Å². The third-order valence-electron chi connectivity index (χ3n) is 0.0333. The molecule has 0 heterocycles. The molecule has 2 N–H and O–H groups in total. The second-order valence-electron chi connectivity index (χ2n) is 0.146. The van der Waals surface area contributed by atoms with Crippen LogP contribution in [0.2, 0.25) is 0 Å². The van der Waals surface area contributed by atoms with Crippen molar-refractivity contribution in [1.82, 2.24) is 0 Å². The van der Waals surface area contributed by atoms with Gasteiger partial charge in [-0.25, -0.2) is 0 Å². The van der Waals surface area contributed by atoms with Crippen LogP contribution < -0.4 is 0 Å². The molecule has 6 heteroatoms. The van der Waals surface area contributed by atoms with Crippen LogP contribution in [0.3, 0.4) is 0 Å². The summed E-state index contributed by atoms with van der Waals surface area (Å²) >= 11 is -0.656. The Morgan fingerprint density at radius 2 is 1.50 bits per heavy atom. The standard InChI is InChI=1S/2Ni.H2O.3O/h;;1H2;;;. The minimum absolute atomic E-state index is 0. The first-order valence-corrected chi connectivity index (χ1v) is 2.13. The third kappa shape index (κ3) is 8.82. The van der Waals surface area contributed by atoms with E-state index in [0.717, 1.165) is 0 Å². The Kier molecular flexibility index (Phi) is 14.7. The average molecular weight is 183 g/mol. The van der Waals surface area contributed by atoms with Gasteiger partial charge in [0.1, 0.15) is 0 Å². The van der Waals surface area contributed by atoms with Gasteiger partial charge in [0.2, 0.25) is 0 Å². The molecular weight excluding hydrogens is 181 g/mol. The van der Waals surface area contributed by atoms with Crippen molar-refractivity contribution in [1.29, 1.82) is 0 Å². The first kappa shape index (κ1) is 9.71. The number of hydrogen-bond donors (Lipinski definition) is 0. The van der Waals surface area contributed by atoms with Crippen LogP contribution >= 0.6 is 0 Å². The fraction of sp³-hybridized carbons (Fsp3) is 0. The first-order valence-electron chi connectivity index (χ1n) is 0.516. The molecule has 4 nitrogen and oxygen atoms in total. The molecule has 0 saturated carbocycles. The monoisotopic (exact) mass is 182 g/mol.